The van der Waals surface area contributed by atoms with Gasteiger partial charge in [0.15, 0.2) is 0 Å². The molecule has 29 heavy (non-hydrogen) atoms. The molecule has 4 rings (SSSR count). The van der Waals surface area contributed by atoms with Crippen LogP contribution in [0.1, 0.15) is 64.7 Å². The highest BCUT2D eigenvalue weighted by Crippen LogP contribution is 2.25. The molecule has 0 aliphatic carbocycles. The fourth-order valence-corrected chi connectivity index (χ4v) is 3.65. The topological polar surface area (TPSA) is 101 Å². The van der Waals surface area contributed by atoms with Crippen molar-refractivity contribution in [3.63, 3.8) is 0 Å². The Hall–Kier alpha value is -3.16. The van der Waals surface area contributed by atoms with E-state index in [9.17, 15) is 9.59 Å². The van der Waals surface area contributed by atoms with Gasteiger partial charge in [0.1, 0.15) is 6.26 Å². The molecular formula is C21H24N4O4. The highest BCUT2D eigenvalue weighted by atomic mass is 16.5. The molecule has 0 atom stereocenters. The van der Waals surface area contributed by atoms with E-state index in [1.54, 1.807) is 17.9 Å². The van der Waals surface area contributed by atoms with E-state index in [0.29, 0.717) is 53.9 Å². The van der Waals surface area contributed by atoms with Gasteiger partial charge in [-0.2, -0.15) is 0 Å². The fourth-order valence-electron chi connectivity index (χ4n) is 3.65. The summed E-state index contributed by atoms with van der Waals surface area (Å²) in [6.07, 6.45) is 4.35. The molecular weight excluding hydrogens is 372 g/mol. The number of hydrogen-bond donors (Lipinski definition) is 1. The lowest BCUT2D eigenvalue weighted by molar-refractivity contribution is 0.0697. The van der Waals surface area contributed by atoms with Crippen molar-refractivity contribution in [3.05, 3.63) is 47.2 Å². The number of rotatable bonds is 4. The number of likely N-dealkylation sites (tertiary alicyclic amines) is 1. The molecule has 8 heteroatoms. The molecule has 0 bridgehead atoms. The van der Waals surface area contributed by atoms with E-state index in [1.807, 2.05) is 19.9 Å². The van der Waals surface area contributed by atoms with Gasteiger partial charge in [0, 0.05) is 24.8 Å². The number of hydrogen-bond acceptors (Lipinski definition) is 6. The summed E-state index contributed by atoms with van der Waals surface area (Å²) in [6, 6.07) is 3.49. The van der Waals surface area contributed by atoms with E-state index < -0.39 is 0 Å². The number of nitrogens with one attached hydrogen (secondary N) is 1. The quantitative estimate of drug-likeness (QED) is 0.726. The van der Waals surface area contributed by atoms with Gasteiger partial charge in [-0.1, -0.05) is 19.0 Å². The van der Waals surface area contributed by atoms with Crippen LogP contribution in [0.15, 0.2) is 33.6 Å². The van der Waals surface area contributed by atoms with Crippen molar-refractivity contribution in [2.75, 3.05) is 13.1 Å². The molecule has 1 aliphatic rings. The SMILES string of the molecule is Cc1noc2nc(C(C)C)cc(C(=O)NC3CCN(C(=O)c4ccoc4)CC3)c12. The molecule has 1 fully saturated rings. The van der Waals surface area contributed by atoms with Gasteiger partial charge in [0.2, 0.25) is 0 Å². The Balaban J connectivity index is 1.46. The van der Waals surface area contributed by atoms with E-state index in [4.69, 9.17) is 8.94 Å². The maximum absolute atomic E-state index is 13.1. The van der Waals surface area contributed by atoms with Gasteiger partial charge < -0.3 is 19.2 Å². The van der Waals surface area contributed by atoms with Gasteiger partial charge in [-0.05, 0) is 37.8 Å². The number of aryl methyl sites for hydroxylation is 1. The number of pyridine rings is 1. The zero-order chi connectivity index (χ0) is 20.5. The zero-order valence-electron chi connectivity index (χ0n) is 16.8. The highest BCUT2D eigenvalue weighted by Gasteiger charge is 2.27. The minimum atomic E-state index is -0.162. The van der Waals surface area contributed by atoms with Gasteiger partial charge in [0.05, 0.1) is 28.5 Å². The van der Waals surface area contributed by atoms with Gasteiger partial charge >= 0.3 is 0 Å². The maximum Gasteiger partial charge on any atom is 0.259 e. The van der Waals surface area contributed by atoms with E-state index in [0.717, 1.165) is 5.69 Å². The lowest BCUT2D eigenvalue weighted by atomic mass is 10.0. The first kappa shape index (κ1) is 19.2. The van der Waals surface area contributed by atoms with Crippen LogP contribution in [-0.2, 0) is 0 Å². The highest BCUT2D eigenvalue weighted by molar-refractivity contribution is 6.06. The van der Waals surface area contributed by atoms with Crippen molar-refractivity contribution in [1.29, 1.82) is 0 Å². The Morgan fingerprint density at radius 1 is 1.28 bits per heavy atom. The number of fused-ring (bicyclic) bond motifs is 1. The summed E-state index contributed by atoms with van der Waals surface area (Å²) in [5.74, 6) is -0.0419. The normalized spacial score (nSPS) is 15.2. The third-order valence-corrected chi connectivity index (χ3v) is 5.36. The largest absolute Gasteiger partial charge is 0.472 e. The molecule has 0 unspecified atom stereocenters. The Kier molecular flexibility index (Phi) is 5.08. The first-order valence-electron chi connectivity index (χ1n) is 9.83. The van der Waals surface area contributed by atoms with Crippen molar-refractivity contribution in [1.82, 2.24) is 20.4 Å². The number of piperidine rings is 1. The molecule has 4 heterocycles. The second kappa shape index (κ2) is 7.69. The third kappa shape index (κ3) is 3.74. The number of nitrogens with zero attached hydrogens (tertiary/aromatic N) is 3. The third-order valence-electron chi connectivity index (χ3n) is 5.36. The lowest BCUT2D eigenvalue weighted by Gasteiger charge is -2.32. The average molecular weight is 396 g/mol. The molecule has 2 amide bonds. The van der Waals surface area contributed by atoms with Crippen LogP contribution in [-0.4, -0.2) is 46.0 Å². The predicted molar refractivity (Wildman–Crippen MR) is 106 cm³/mol. The number of carbonyl (C=O) groups is 2. The second-order valence-corrected chi connectivity index (χ2v) is 7.75. The number of carbonyl (C=O) groups excluding carboxylic acids is 2. The summed E-state index contributed by atoms with van der Waals surface area (Å²) < 4.78 is 10.3. The van der Waals surface area contributed by atoms with Crippen molar-refractivity contribution in [2.24, 2.45) is 0 Å². The number of aromatic nitrogens is 2. The lowest BCUT2D eigenvalue weighted by Crippen LogP contribution is -2.46. The zero-order valence-corrected chi connectivity index (χ0v) is 16.8. The number of amides is 2. The van der Waals surface area contributed by atoms with Crippen LogP contribution in [0.5, 0.6) is 0 Å². The van der Waals surface area contributed by atoms with Crippen molar-refractivity contribution in [3.8, 4) is 0 Å². The first-order chi connectivity index (χ1) is 13.9. The van der Waals surface area contributed by atoms with Gasteiger partial charge in [-0.3, -0.25) is 9.59 Å². The second-order valence-electron chi connectivity index (χ2n) is 7.75. The number of furan rings is 1. The van der Waals surface area contributed by atoms with Crippen LogP contribution >= 0.6 is 0 Å². The smallest absolute Gasteiger partial charge is 0.259 e. The van der Waals surface area contributed by atoms with E-state index in [-0.39, 0.29) is 23.8 Å². The Morgan fingerprint density at radius 2 is 2.03 bits per heavy atom. The van der Waals surface area contributed by atoms with Crippen LogP contribution in [0.25, 0.3) is 11.1 Å². The van der Waals surface area contributed by atoms with Crippen molar-refractivity contribution in [2.45, 2.75) is 45.6 Å². The first-order valence-corrected chi connectivity index (χ1v) is 9.83. The van der Waals surface area contributed by atoms with Crippen LogP contribution in [0.3, 0.4) is 0 Å². The molecule has 1 aliphatic heterocycles. The molecule has 8 nitrogen and oxygen atoms in total. The van der Waals surface area contributed by atoms with E-state index in [2.05, 4.69) is 15.5 Å². The van der Waals surface area contributed by atoms with Crippen molar-refractivity contribution < 1.29 is 18.5 Å². The molecule has 1 saturated heterocycles. The summed E-state index contributed by atoms with van der Waals surface area (Å²) in [5, 5.41) is 7.73. The van der Waals surface area contributed by atoms with Gasteiger partial charge in [0.25, 0.3) is 17.5 Å². The van der Waals surface area contributed by atoms with Crippen LogP contribution in [0.2, 0.25) is 0 Å². The van der Waals surface area contributed by atoms with Gasteiger partial charge in [-0.25, -0.2) is 4.98 Å². The summed E-state index contributed by atoms with van der Waals surface area (Å²) in [4.78, 5) is 31.7. The minimum Gasteiger partial charge on any atom is -0.472 e. The predicted octanol–water partition coefficient (Wildman–Crippen LogP) is 3.28. The summed E-state index contributed by atoms with van der Waals surface area (Å²) in [5.41, 5.74) is 2.91. The van der Waals surface area contributed by atoms with Gasteiger partial charge in [-0.15, -0.1) is 0 Å². The molecule has 0 aromatic carbocycles. The molecule has 0 radical (unpaired) electrons. The van der Waals surface area contributed by atoms with Crippen LogP contribution in [0, 0.1) is 6.92 Å². The standard InChI is InChI=1S/C21H24N4O4/c1-12(2)17-10-16(18-13(3)24-29-20(18)23-17)19(26)22-15-4-7-25(8-5-15)21(27)14-6-9-28-11-14/h6,9-12,15H,4-5,7-8H2,1-3H3,(H,22,26). The maximum atomic E-state index is 13.1. The molecule has 3 aromatic rings. The molecule has 3 aromatic heterocycles. The summed E-state index contributed by atoms with van der Waals surface area (Å²) in [7, 11) is 0. The van der Waals surface area contributed by atoms with E-state index in [1.165, 1.54) is 12.5 Å². The van der Waals surface area contributed by atoms with Crippen LogP contribution < -0.4 is 5.32 Å². The molecule has 1 N–H and O–H groups in total. The minimum absolute atomic E-state index is 0.00165. The molecule has 0 spiro atoms. The van der Waals surface area contributed by atoms with Crippen LogP contribution in [0.4, 0.5) is 0 Å². The molecule has 0 saturated carbocycles. The fraction of sp³-hybridized carbons (Fsp3) is 0.429. The summed E-state index contributed by atoms with van der Waals surface area (Å²) >= 11 is 0. The Morgan fingerprint density at radius 3 is 2.69 bits per heavy atom. The average Bonchev–Trinajstić information content (AvgIpc) is 3.38. The Labute approximate surface area is 168 Å². The summed E-state index contributed by atoms with van der Waals surface area (Å²) in [6.45, 7) is 7.02. The van der Waals surface area contributed by atoms with E-state index >= 15 is 0 Å². The monoisotopic (exact) mass is 396 g/mol. The molecule has 152 valence electrons. The Bertz CT molecular complexity index is 1030. The van der Waals surface area contributed by atoms with Crippen molar-refractivity contribution >= 4 is 22.9 Å².